The molecule has 122 valence electrons. The fraction of sp³-hybridized carbons (Fsp3) is 1.00. The summed E-state index contributed by atoms with van der Waals surface area (Å²) in [6, 6.07) is 3.34. The van der Waals surface area contributed by atoms with E-state index in [0.717, 1.165) is 24.2 Å². The van der Waals surface area contributed by atoms with Crippen molar-refractivity contribution in [3.63, 3.8) is 0 Å². The molecule has 21 heavy (non-hydrogen) atoms. The van der Waals surface area contributed by atoms with Gasteiger partial charge in [0, 0.05) is 30.7 Å². The molecule has 3 aliphatic heterocycles. The molecule has 0 aromatic rings. The van der Waals surface area contributed by atoms with Crippen LogP contribution in [0.25, 0.3) is 0 Å². The highest BCUT2D eigenvalue weighted by Gasteiger charge is 2.39. The lowest BCUT2D eigenvalue weighted by Crippen LogP contribution is -2.59. The number of nitrogens with one attached hydrogen (secondary N) is 1. The molecule has 3 nitrogen and oxygen atoms in total. The Morgan fingerprint density at radius 1 is 1.00 bits per heavy atom. The first-order valence-corrected chi connectivity index (χ1v) is 9.47. The summed E-state index contributed by atoms with van der Waals surface area (Å²) in [6.07, 6.45) is 12.7. The van der Waals surface area contributed by atoms with Gasteiger partial charge in [-0.2, -0.15) is 0 Å². The van der Waals surface area contributed by atoms with E-state index in [4.69, 9.17) is 0 Å². The average molecular weight is 293 g/mol. The normalized spacial score (nSPS) is 38.6. The van der Waals surface area contributed by atoms with Crippen LogP contribution in [0.3, 0.4) is 0 Å². The van der Waals surface area contributed by atoms with Crippen molar-refractivity contribution >= 4 is 0 Å². The van der Waals surface area contributed by atoms with Crippen molar-refractivity contribution in [1.29, 1.82) is 0 Å². The third-order valence-corrected chi connectivity index (χ3v) is 6.15. The van der Waals surface area contributed by atoms with Crippen LogP contribution in [0.2, 0.25) is 0 Å². The Kier molecular flexibility index (Phi) is 5.58. The van der Waals surface area contributed by atoms with Crippen LogP contribution >= 0.6 is 0 Å². The van der Waals surface area contributed by atoms with E-state index in [1.807, 2.05) is 0 Å². The van der Waals surface area contributed by atoms with E-state index in [0.29, 0.717) is 0 Å². The van der Waals surface area contributed by atoms with Gasteiger partial charge in [-0.25, -0.2) is 0 Å². The van der Waals surface area contributed by atoms with Crippen LogP contribution in [-0.4, -0.2) is 60.6 Å². The third kappa shape index (κ3) is 3.80. The van der Waals surface area contributed by atoms with Crippen LogP contribution in [0.4, 0.5) is 0 Å². The summed E-state index contributed by atoms with van der Waals surface area (Å²) in [5, 5.41) is 3.80. The van der Waals surface area contributed by atoms with Crippen LogP contribution in [0.5, 0.6) is 0 Å². The number of hydrogen-bond acceptors (Lipinski definition) is 3. The molecule has 0 aromatic carbocycles. The maximum absolute atomic E-state index is 3.80. The summed E-state index contributed by atoms with van der Waals surface area (Å²) in [5.74, 6) is 0. The van der Waals surface area contributed by atoms with Gasteiger partial charge in [0.15, 0.2) is 0 Å². The molecule has 3 saturated heterocycles. The van der Waals surface area contributed by atoms with Crippen molar-refractivity contribution in [2.45, 2.75) is 88.9 Å². The zero-order valence-corrected chi connectivity index (χ0v) is 14.2. The SMILES string of the molecule is CCCNC1CC2CCCC(C1)N2CC1CCCCN1C. The van der Waals surface area contributed by atoms with Crippen LogP contribution < -0.4 is 5.32 Å². The van der Waals surface area contributed by atoms with E-state index in [2.05, 4.69) is 29.1 Å². The Labute approximate surface area is 131 Å². The molecule has 3 aliphatic rings. The summed E-state index contributed by atoms with van der Waals surface area (Å²) >= 11 is 0. The molecule has 0 spiro atoms. The van der Waals surface area contributed by atoms with Crippen molar-refractivity contribution in [3.05, 3.63) is 0 Å². The molecule has 0 amide bonds. The molecule has 2 bridgehead atoms. The molecule has 3 unspecified atom stereocenters. The fourth-order valence-electron chi connectivity index (χ4n) is 4.91. The van der Waals surface area contributed by atoms with Crippen molar-refractivity contribution < 1.29 is 0 Å². The summed E-state index contributed by atoms with van der Waals surface area (Å²) in [7, 11) is 2.34. The van der Waals surface area contributed by atoms with Crippen molar-refractivity contribution in [2.75, 3.05) is 26.7 Å². The molecule has 3 fully saturated rings. The van der Waals surface area contributed by atoms with E-state index in [1.54, 1.807) is 0 Å². The molecule has 3 atom stereocenters. The lowest BCUT2D eigenvalue weighted by Gasteiger charge is -2.51. The molecule has 0 aliphatic carbocycles. The summed E-state index contributed by atoms with van der Waals surface area (Å²) in [6.45, 7) is 6.14. The summed E-state index contributed by atoms with van der Waals surface area (Å²) < 4.78 is 0. The van der Waals surface area contributed by atoms with Crippen molar-refractivity contribution in [2.24, 2.45) is 0 Å². The highest BCUT2D eigenvalue weighted by Crippen LogP contribution is 2.35. The van der Waals surface area contributed by atoms with E-state index < -0.39 is 0 Å². The van der Waals surface area contributed by atoms with Gasteiger partial charge in [0.2, 0.25) is 0 Å². The maximum Gasteiger partial charge on any atom is 0.0220 e. The highest BCUT2D eigenvalue weighted by molar-refractivity contribution is 4.96. The minimum atomic E-state index is 0.792. The smallest absolute Gasteiger partial charge is 0.0220 e. The summed E-state index contributed by atoms with van der Waals surface area (Å²) in [4.78, 5) is 5.54. The Balaban J connectivity index is 1.58. The van der Waals surface area contributed by atoms with Gasteiger partial charge < -0.3 is 10.2 Å². The van der Waals surface area contributed by atoms with E-state index in [9.17, 15) is 0 Å². The zero-order chi connectivity index (χ0) is 14.7. The van der Waals surface area contributed by atoms with Crippen molar-refractivity contribution in [3.8, 4) is 0 Å². The highest BCUT2D eigenvalue weighted by atomic mass is 15.3. The summed E-state index contributed by atoms with van der Waals surface area (Å²) in [5.41, 5.74) is 0. The lowest BCUT2D eigenvalue weighted by atomic mass is 9.81. The molecular weight excluding hydrogens is 258 g/mol. The monoisotopic (exact) mass is 293 g/mol. The van der Waals surface area contributed by atoms with E-state index >= 15 is 0 Å². The van der Waals surface area contributed by atoms with Crippen LogP contribution in [0, 0.1) is 0 Å². The number of hydrogen-bond donors (Lipinski definition) is 1. The van der Waals surface area contributed by atoms with Gasteiger partial charge in [0.05, 0.1) is 0 Å². The zero-order valence-electron chi connectivity index (χ0n) is 14.2. The number of fused-ring (bicyclic) bond motifs is 2. The van der Waals surface area contributed by atoms with Gasteiger partial charge in [-0.15, -0.1) is 0 Å². The Bertz CT molecular complexity index is 306. The van der Waals surface area contributed by atoms with E-state index in [1.165, 1.54) is 77.4 Å². The standard InChI is InChI=1S/C18H35N3/c1-3-10-19-15-12-16-8-6-9-17(13-15)21(16)14-18-7-4-5-11-20(18)2/h15-19H,3-14H2,1-2H3. The van der Waals surface area contributed by atoms with Gasteiger partial charge in [-0.3, -0.25) is 4.90 Å². The largest absolute Gasteiger partial charge is 0.314 e. The Morgan fingerprint density at radius 2 is 1.76 bits per heavy atom. The molecular formula is C18H35N3. The van der Waals surface area contributed by atoms with Crippen molar-refractivity contribution in [1.82, 2.24) is 15.1 Å². The molecule has 0 saturated carbocycles. The maximum atomic E-state index is 3.80. The predicted octanol–water partition coefficient (Wildman–Crippen LogP) is 2.86. The van der Waals surface area contributed by atoms with Gasteiger partial charge in [0.1, 0.15) is 0 Å². The first-order chi connectivity index (χ1) is 10.3. The quantitative estimate of drug-likeness (QED) is 0.841. The Hall–Kier alpha value is -0.120. The molecule has 3 heterocycles. The van der Waals surface area contributed by atoms with E-state index in [-0.39, 0.29) is 0 Å². The number of likely N-dealkylation sites (N-methyl/N-ethyl adjacent to an activating group) is 1. The fourth-order valence-corrected chi connectivity index (χ4v) is 4.91. The molecule has 3 heteroatoms. The van der Waals surface area contributed by atoms with Crippen LogP contribution in [-0.2, 0) is 0 Å². The lowest BCUT2D eigenvalue weighted by molar-refractivity contribution is -0.00138. The second kappa shape index (κ2) is 7.43. The number of nitrogens with zero attached hydrogens (tertiary/aromatic N) is 2. The molecule has 1 N–H and O–H groups in total. The minimum absolute atomic E-state index is 0.792. The second-order valence-corrected chi connectivity index (χ2v) is 7.69. The van der Waals surface area contributed by atoms with Gasteiger partial charge in [0.25, 0.3) is 0 Å². The van der Waals surface area contributed by atoms with Gasteiger partial charge in [-0.1, -0.05) is 19.8 Å². The average Bonchev–Trinajstić information content (AvgIpc) is 2.47. The number of rotatable bonds is 5. The number of likely N-dealkylation sites (tertiary alicyclic amines) is 1. The topological polar surface area (TPSA) is 18.5 Å². The Morgan fingerprint density at radius 3 is 2.43 bits per heavy atom. The second-order valence-electron chi connectivity index (χ2n) is 7.69. The molecule has 0 aromatic heterocycles. The van der Waals surface area contributed by atoms with Crippen LogP contribution in [0.15, 0.2) is 0 Å². The van der Waals surface area contributed by atoms with Crippen LogP contribution in [0.1, 0.15) is 64.7 Å². The first kappa shape index (κ1) is 15.8. The number of piperidine rings is 3. The third-order valence-electron chi connectivity index (χ3n) is 6.15. The minimum Gasteiger partial charge on any atom is -0.314 e. The molecule has 0 radical (unpaired) electrons. The van der Waals surface area contributed by atoms with Gasteiger partial charge in [-0.05, 0) is 65.1 Å². The first-order valence-electron chi connectivity index (χ1n) is 9.47. The molecule has 3 rings (SSSR count). The van der Waals surface area contributed by atoms with Gasteiger partial charge >= 0.3 is 0 Å². The predicted molar refractivity (Wildman–Crippen MR) is 89.7 cm³/mol.